The lowest BCUT2D eigenvalue weighted by atomic mass is 10.2. The molecule has 0 aliphatic rings. The smallest absolute Gasteiger partial charge is 0.265 e. The van der Waals surface area contributed by atoms with Gasteiger partial charge in [-0.1, -0.05) is 23.7 Å². The number of halogens is 1. The number of carbonyl (C=O) groups excluding carboxylic acids is 2. The molecule has 156 valence electrons. The van der Waals surface area contributed by atoms with Crippen molar-refractivity contribution >= 4 is 57.9 Å². The molecule has 0 aliphatic heterocycles. The first-order chi connectivity index (χ1) is 14.5. The first-order valence-corrected chi connectivity index (χ1v) is 11.0. The van der Waals surface area contributed by atoms with Gasteiger partial charge in [0.15, 0.2) is 0 Å². The highest BCUT2D eigenvalue weighted by Crippen LogP contribution is 2.36. The number of hydrogen-bond donors (Lipinski definition) is 2. The lowest BCUT2D eigenvalue weighted by Gasteiger charge is -2.13. The molecule has 3 rings (SSSR count). The Morgan fingerprint density at radius 3 is 2.53 bits per heavy atom. The van der Waals surface area contributed by atoms with Crippen LogP contribution in [0.3, 0.4) is 0 Å². The van der Waals surface area contributed by atoms with E-state index in [0.717, 1.165) is 4.90 Å². The van der Waals surface area contributed by atoms with Gasteiger partial charge in [-0.3, -0.25) is 9.59 Å². The van der Waals surface area contributed by atoms with Crippen molar-refractivity contribution in [3.8, 4) is 11.5 Å². The molecule has 0 spiro atoms. The second kappa shape index (κ2) is 10.4. The molecule has 9 heteroatoms. The number of rotatable bonds is 8. The molecule has 1 aromatic heterocycles. The minimum atomic E-state index is -0.215. The van der Waals surface area contributed by atoms with Crippen LogP contribution in [0.1, 0.15) is 9.67 Å². The number of hydrogen-bond acceptors (Lipinski definition) is 6. The number of thioether (sulfide) groups is 1. The summed E-state index contributed by atoms with van der Waals surface area (Å²) in [4.78, 5) is 26.1. The van der Waals surface area contributed by atoms with Crippen molar-refractivity contribution in [2.24, 2.45) is 0 Å². The van der Waals surface area contributed by atoms with Crippen molar-refractivity contribution < 1.29 is 19.1 Å². The maximum atomic E-state index is 12.4. The third-order valence-corrected chi connectivity index (χ3v) is 6.11. The van der Waals surface area contributed by atoms with Gasteiger partial charge in [0.1, 0.15) is 11.5 Å². The first kappa shape index (κ1) is 22.0. The van der Waals surface area contributed by atoms with Gasteiger partial charge in [0.05, 0.1) is 35.6 Å². The molecule has 30 heavy (non-hydrogen) atoms. The summed E-state index contributed by atoms with van der Waals surface area (Å²) in [5.41, 5.74) is 1.13. The Morgan fingerprint density at radius 2 is 1.83 bits per heavy atom. The second-order valence-electron chi connectivity index (χ2n) is 5.98. The highest BCUT2D eigenvalue weighted by atomic mass is 35.5. The van der Waals surface area contributed by atoms with E-state index in [1.807, 2.05) is 29.6 Å². The summed E-state index contributed by atoms with van der Waals surface area (Å²) in [6.45, 7) is 0. The summed E-state index contributed by atoms with van der Waals surface area (Å²) in [6, 6.07) is 14.1. The van der Waals surface area contributed by atoms with Gasteiger partial charge in [0.25, 0.3) is 5.91 Å². The van der Waals surface area contributed by atoms with E-state index in [0.29, 0.717) is 32.8 Å². The number of anilines is 2. The highest BCUT2D eigenvalue weighted by Gasteiger charge is 2.13. The van der Waals surface area contributed by atoms with Gasteiger partial charge < -0.3 is 20.1 Å². The third-order valence-electron chi connectivity index (χ3n) is 3.95. The Labute approximate surface area is 187 Å². The molecular weight excluding hydrogens is 444 g/mol. The van der Waals surface area contributed by atoms with Crippen LogP contribution in [0.25, 0.3) is 0 Å². The molecule has 0 aliphatic carbocycles. The van der Waals surface area contributed by atoms with E-state index in [4.69, 9.17) is 21.1 Å². The van der Waals surface area contributed by atoms with Crippen LogP contribution >= 0.6 is 34.7 Å². The fraction of sp³-hybridized carbons (Fsp3) is 0.143. The van der Waals surface area contributed by atoms with Crippen LogP contribution < -0.4 is 20.1 Å². The van der Waals surface area contributed by atoms with Gasteiger partial charge >= 0.3 is 0 Å². The number of carbonyl (C=O) groups is 2. The van der Waals surface area contributed by atoms with Gasteiger partial charge in [0, 0.05) is 16.6 Å². The van der Waals surface area contributed by atoms with E-state index in [1.165, 1.54) is 37.3 Å². The fourth-order valence-corrected chi connectivity index (χ4v) is 4.17. The normalized spacial score (nSPS) is 10.4. The zero-order valence-corrected chi connectivity index (χ0v) is 18.6. The Bertz CT molecular complexity index is 1040. The summed E-state index contributed by atoms with van der Waals surface area (Å²) >= 11 is 8.87. The summed E-state index contributed by atoms with van der Waals surface area (Å²) < 4.78 is 10.4. The molecule has 2 amide bonds. The molecule has 1 heterocycles. The van der Waals surface area contributed by atoms with Crippen LogP contribution in [-0.2, 0) is 4.79 Å². The van der Waals surface area contributed by atoms with E-state index in [-0.39, 0.29) is 17.6 Å². The van der Waals surface area contributed by atoms with Crippen molar-refractivity contribution in [2.45, 2.75) is 4.90 Å². The van der Waals surface area contributed by atoms with Crippen molar-refractivity contribution in [2.75, 3.05) is 30.6 Å². The molecule has 2 aromatic carbocycles. The Balaban J connectivity index is 1.60. The first-order valence-electron chi connectivity index (χ1n) is 8.79. The van der Waals surface area contributed by atoms with Gasteiger partial charge in [0.2, 0.25) is 5.91 Å². The van der Waals surface area contributed by atoms with Gasteiger partial charge in [-0.2, -0.15) is 0 Å². The number of methoxy groups -OCH3 is 2. The fourth-order valence-electron chi connectivity index (χ4n) is 2.56. The zero-order chi connectivity index (χ0) is 21.5. The SMILES string of the molecule is COc1cc(OC)c(NC(=O)CSc2cccc(NC(=O)c3cccs3)c2)cc1Cl. The van der Waals surface area contributed by atoms with E-state index in [1.54, 1.807) is 24.3 Å². The van der Waals surface area contributed by atoms with Crippen molar-refractivity contribution in [1.29, 1.82) is 0 Å². The molecule has 2 N–H and O–H groups in total. The molecule has 0 atom stereocenters. The molecule has 3 aromatic rings. The molecule has 0 radical (unpaired) electrons. The Kier molecular flexibility index (Phi) is 7.62. The van der Waals surface area contributed by atoms with Gasteiger partial charge in [-0.25, -0.2) is 0 Å². The quantitative estimate of drug-likeness (QED) is 0.438. The van der Waals surface area contributed by atoms with Crippen LogP contribution in [0.15, 0.2) is 58.8 Å². The number of amides is 2. The molecule has 0 saturated carbocycles. The van der Waals surface area contributed by atoms with E-state index >= 15 is 0 Å². The van der Waals surface area contributed by atoms with Gasteiger partial charge in [-0.05, 0) is 35.7 Å². The van der Waals surface area contributed by atoms with E-state index in [9.17, 15) is 9.59 Å². The van der Waals surface area contributed by atoms with E-state index in [2.05, 4.69) is 10.6 Å². The van der Waals surface area contributed by atoms with Crippen molar-refractivity contribution in [3.63, 3.8) is 0 Å². The highest BCUT2D eigenvalue weighted by molar-refractivity contribution is 8.00. The number of nitrogens with one attached hydrogen (secondary N) is 2. The Hall–Kier alpha value is -2.68. The second-order valence-corrected chi connectivity index (χ2v) is 8.39. The maximum absolute atomic E-state index is 12.4. The topological polar surface area (TPSA) is 76.7 Å². The molecule has 0 bridgehead atoms. The largest absolute Gasteiger partial charge is 0.495 e. The minimum absolute atomic E-state index is 0.159. The predicted octanol–water partition coefficient (Wildman–Crippen LogP) is 5.40. The number of benzene rings is 2. The molecular formula is C21H19ClN2O4S2. The van der Waals surface area contributed by atoms with Crippen LogP contribution in [0.5, 0.6) is 11.5 Å². The van der Waals surface area contributed by atoms with E-state index < -0.39 is 0 Å². The van der Waals surface area contributed by atoms with Crippen molar-refractivity contribution in [3.05, 3.63) is 63.8 Å². The predicted molar refractivity (Wildman–Crippen MR) is 123 cm³/mol. The summed E-state index contributed by atoms with van der Waals surface area (Å²) in [5, 5.41) is 7.88. The lowest BCUT2D eigenvalue weighted by Crippen LogP contribution is -2.15. The molecule has 0 unspecified atom stereocenters. The van der Waals surface area contributed by atoms with Crippen LogP contribution in [0, 0.1) is 0 Å². The number of ether oxygens (including phenoxy) is 2. The average molecular weight is 463 g/mol. The van der Waals surface area contributed by atoms with Crippen LogP contribution in [-0.4, -0.2) is 31.8 Å². The zero-order valence-electron chi connectivity index (χ0n) is 16.2. The molecule has 0 saturated heterocycles. The lowest BCUT2D eigenvalue weighted by molar-refractivity contribution is -0.113. The van der Waals surface area contributed by atoms with Crippen molar-refractivity contribution in [1.82, 2.24) is 0 Å². The standard InChI is InChI=1S/C21H19ClN2O4S2/c1-27-17-11-18(28-2)16(10-15(17)22)24-20(25)12-30-14-6-3-5-13(9-14)23-21(26)19-7-4-8-29-19/h3-11H,12H2,1-2H3,(H,23,26)(H,24,25). The monoisotopic (exact) mass is 462 g/mol. The number of thiophene rings is 1. The Morgan fingerprint density at radius 1 is 1.03 bits per heavy atom. The summed E-state index contributed by atoms with van der Waals surface area (Å²) in [5.74, 6) is 0.714. The van der Waals surface area contributed by atoms with Crippen LogP contribution in [0.4, 0.5) is 11.4 Å². The summed E-state index contributed by atoms with van der Waals surface area (Å²) in [6.07, 6.45) is 0. The molecule has 0 fully saturated rings. The van der Waals surface area contributed by atoms with Crippen LogP contribution in [0.2, 0.25) is 5.02 Å². The minimum Gasteiger partial charge on any atom is -0.495 e. The molecule has 6 nitrogen and oxygen atoms in total. The maximum Gasteiger partial charge on any atom is 0.265 e. The third kappa shape index (κ3) is 5.69. The average Bonchev–Trinajstić information content (AvgIpc) is 3.28. The summed E-state index contributed by atoms with van der Waals surface area (Å²) in [7, 11) is 3.01. The van der Waals surface area contributed by atoms with Gasteiger partial charge in [-0.15, -0.1) is 23.1 Å².